The molecule has 0 bridgehead atoms. The number of pyridine rings is 1. The SMILES string of the molecule is CCOc1ccc(C(C)NC(=O)c2ccc(N3CCOCC3)nc2)cc1. The monoisotopic (exact) mass is 355 g/mol. The van der Waals surface area contributed by atoms with Crippen molar-refractivity contribution in [3.05, 3.63) is 53.7 Å². The molecule has 1 aliphatic heterocycles. The Hall–Kier alpha value is -2.60. The molecule has 1 amide bonds. The van der Waals surface area contributed by atoms with Crippen LogP contribution in [0.2, 0.25) is 0 Å². The van der Waals surface area contributed by atoms with E-state index in [1.165, 1.54) is 0 Å². The molecule has 3 rings (SSSR count). The Morgan fingerprint density at radius 2 is 1.96 bits per heavy atom. The predicted octanol–water partition coefficient (Wildman–Crippen LogP) is 2.81. The van der Waals surface area contributed by atoms with Crippen LogP contribution in [0.1, 0.15) is 35.8 Å². The standard InChI is InChI=1S/C20H25N3O3/c1-3-26-18-7-4-16(5-8-18)15(2)22-20(24)17-6-9-19(21-14-17)23-10-12-25-13-11-23/h4-9,14-15H,3,10-13H2,1-2H3,(H,22,24). The summed E-state index contributed by atoms with van der Waals surface area (Å²) in [6, 6.07) is 11.4. The van der Waals surface area contributed by atoms with Crippen LogP contribution in [0, 0.1) is 0 Å². The third-order valence-corrected chi connectivity index (χ3v) is 4.38. The van der Waals surface area contributed by atoms with Crippen molar-refractivity contribution in [3.8, 4) is 5.75 Å². The van der Waals surface area contributed by atoms with Gasteiger partial charge in [-0.2, -0.15) is 0 Å². The summed E-state index contributed by atoms with van der Waals surface area (Å²) in [5, 5.41) is 3.01. The van der Waals surface area contributed by atoms with E-state index in [9.17, 15) is 4.79 Å². The summed E-state index contributed by atoms with van der Waals surface area (Å²) in [5.74, 6) is 1.58. The van der Waals surface area contributed by atoms with Gasteiger partial charge in [0.1, 0.15) is 11.6 Å². The van der Waals surface area contributed by atoms with Gasteiger partial charge in [-0.15, -0.1) is 0 Å². The second-order valence-electron chi connectivity index (χ2n) is 6.20. The Labute approximate surface area is 154 Å². The zero-order chi connectivity index (χ0) is 18.4. The summed E-state index contributed by atoms with van der Waals surface area (Å²) in [4.78, 5) is 19.1. The van der Waals surface area contributed by atoms with E-state index >= 15 is 0 Å². The fourth-order valence-corrected chi connectivity index (χ4v) is 2.88. The minimum atomic E-state index is -0.132. The van der Waals surface area contributed by atoms with Crippen LogP contribution in [0.25, 0.3) is 0 Å². The average molecular weight is 355 g/mol. The van der Waals surface area contributed by atoms with Crippen LogP contribution in [0.3, 0.4) is 0 Å². The lowest BCUT2D eigenvalue weighted by Gasteiger charge is -2.27. The van der Waals surface area contributed by atoms with Crippen molar-refractivity contribution >= 4 is 11.7 Å². The van der Waals surface area contributed by atoms with Crippen molar-refractivity contribution in [3.63, 3.8) is 0 Å². The first-order valence-corrected chi connectivity index (χ1v) is 8.99. The van der Waals surface area contributed by atoms with Crippen LogP contribution in [0.4, 0.5) is 5.82 Å². The van der Waals surface area contributed by atoms with E-state index in [0.29, 0.717) is 25.4 Å². The largest absolute Gasteiger partial charge is 0.494 e. The third kappa shape index (κ3) is 4.52. The molecule has 1 saturated heterocycles. The third-order valence-electron chi connectivity index (χ3n) is 4.38. The molecule has 1 atom stereocenters. The van der Waals surface area contributed by atoms with E-state index in [1.807, 2.05) is 50.2 Å². The Morgan fingerprint density at radius 3 is 2.58 bits per heavy atom. The number of nitrogens with zero attached hydrogens (tertiary/aromatic N) is 2. The summed E-state index contributed by atoms with van der Waals surface area (Å²) in [6.07, 6.45) is 1.63. The van der Waals surface area contributed by atoms with E-state index in [2.05, 4.69) is 15.2 Å². The summed E-state index contributed by atoms with van der Waals surface area (Å²) in [6.45, 7) is 7.63. The molecule has 0 spiro atoms. The molecule has 0 radical (unpaired) electrons. The fourth-order valence-electron chi connectivity index (χ4n) is 2.88. The van der Waals surface area contributed by atoms with Crippen molar-refractivity contribution in [2.45, 2.75) is 19.9 Å². The van der Waals surface area contributed by atoms with Gasteiger partial charge >= 0.3 is 0 Å². The molecule has 2 aromatic rings. The van der Waals surface area contributed by atoms with E-state index in [-0.39, 0.29) is 11.9 Å². The van der Waals surface area contributed by atoms with Crippen molar-refractivity contribution in [1.29, 1.82) is 0 Å². The normalized spacial score (nSPS) is 15.4. The number of ether oxygens (including phenoxy) is 2. The summed E-state index contributed by atoms with van der Waals surface area (Å²) >= 11 is 0. The number of carbonyl (C=O) groups is 1. The van der Waals surface area contributed by atoms with Crippen LogP contribution >= 0.6 is 0 Å². The highest BCUT2D eigenvalue weighted by atomic mass is 16.5. The van der Waals surface area contributed by atoms with Crippen molar-refractivity contribution < 1.29 is 14.3 Å². The Kier molecular flexibility index (Phi) is 6.07. The maximum absolute atomic E-state index is 12.5. The van der Waals surface area contributed by atoms with Gasteiger partial charge in [0, 0.05) is 19.3 Å². The molecule has 0 aliphatic carbocycles. The highest BCUT2D eigenvalue weighted by molar-refractivity contribution is 5.94. The Bertz CT molecular complexity index is 710. The van der Waals surface area contributed by atoms with Crippen molar-refractivity contribution in [2.75, 3.05) is 37.8 Å². The first-order valence-electron chi connectivity index (χ1n) is 8.99. The topological polar surface area (TPSA) is 63.7 Å². The van der Waals surface area contributed by atoms with Crippen LogP contribution < -0.4 is 15.0 Å². The quantitative estimate of drug-likeness (QED) is 0.863. The van der Waals surface area contributed by atoms with Crippen LogP contribution in [-0.2, 0) is 4.74 Å². The molecule has 6 nitrogen and oxygen atoms in total. The lowest BCUT2D eigenvalue weighted by atomic mass is 10.1. The molecule has 2 heterocycles. The smallest absolute Gasteiger partial charge is 0.253 e. The molecule has 1 aromatic carbocycles. The number of anilines is 1. The lowest BCUT2D eigenvalue weighted by Crippen LogP contribution is -2.36. The second-order valence-corrected chi connectivity index (χ2v) is 6.20. The Morgan fingerprint density at radius 1 is 1.23 bits per heavy atom. The zero-order valence-corrected chi connectivity index (χ0v) is 15.3. The van der Waals surface area contributed by atoms with Gasteiger partial charge < -0.3 is 19.7 Å². The van der Waals surface area contributed by atoms with Gasteiger partial charge in [-0.05, 0) is 43.7 Å². The molecule has 138 valence electrons. The number of hydrogen-bond donors (Lipinski definition) is 1. The molecule has 1 aliphatic rings. The second kappa shape index (κ2) is 8.67. The molecule has 0 saturated carbocycles. The minimum Gasteiger partial charge on any atom is -0.494 e. The van der Waals surface area contributed by atoms with Crippen LogP contribution in [0.5, 0.6) is 5.75 Å². The molecule has 1 fully saturated rings. The van der Waals surface area contributed by atoms with Gasteiger partial charge in [0.15, 0.2) is 0 Å². The highest BCUT2D eigenvalue weighted by Crippen LogP contribution is 2.18. The molecule has 1 N–H and O–H groups in total. The minimum absolute atomic E-state index is 0.0999. The van der Waals surface area contributed by atoms with Crippen molar-refractivity contribution in [1.82, 2.24) is 10.3 Å². The molecule has 6 heteroatoms. The van der Waals surface area contributed by atoms with Gasteiger partial charge in [-0.25, -0.2) is 4.98 Å². The van der Waals surface area contributed by atoms with Gasteiger partial charge in [-0.3, -0.25) is 4.79 Å². The van der Waals surface area contributed by atoms with Gasteiger partial charge in [0.2, 0.25) is 0 Å². The molecule has 1 unspecified atom stereocenters. The number of aromatic nitrogens is 1. The lowest BCUT2D eigenvalue weighted by molar-refractivity contribution is 0.0939. The van der Waals surface area contributed by atoms with E-state index in [1.54, 1.807) is 6.20 Å². The number of carbonyl (C=O) groups excluding carboxylic acids is 1. The first-order chi connectivity index (χ1) is 12.7. The van der Waals surface area contributed by atoms with E-state index < -0.39 is 0 Å². The number of rotatable bonds is 6. The molecule has 26 heavy (non-hydrogen) atoms. The predicted molar refractivity (Wildman–Crippen MR) is 101 cm³/mol. The first kappa shape index (κ1) is 18.2. The van der Waals surface area contributed by atoms with E-state index in [0.717, 1.165) is 30.2 Å². The summed E-state index contributed by atoms with van der Waals surface area (Å²) in [5.41, 5.74) is 1.58. The number of amides is 1. The van der Waals surface area contributed by atoms with Gasteiger partial charge in [0.05, 0.1) is 31.4 Å². The number of hydrogen-bond acceptors (Lipinski definition) is 5. The Balaban J connectivity index is 1.59. The fraction of sp³-hybridized carbons (Fsp3) is 0.400. The molecule has 1 aromatic heterocycles. The zero-order valence-electron chi connectivity index (χ0n) is 15.3. The maximum Gasteiger partial charge on any atom is 0.253 e. The van der Waals surface area contributed by atoms with Gasteiger partial charge in [-0.1, -0.05) is 12.1 Å². The highest BCUT2D eigenvalue weighted by Gasteiger charge is 2.15. The summed E-state index contributed by atoms with van der Waals surface area (Å²) in [7, 11) is 0. The summed E-state index contributed by atoms with van der Waals surface area (Å²) < 4.78 is 10.8. The van der Waals surface area contributed by atoms with Crippen LogP contribution in [0.15, 0.2) is 42.6 Å². The molecular weight excluding hydrogens is 330 g/mol. The van der Waals surface area contributed by atoms with E-state index in [4.69, 9.17) is 9.47 Å². The number of benzene rings is 1. The average Bonchev–Trinajstić information content (AvgIpc) is 2.69. The number of nitrogens with one attached hydrogen (secondary N) is 1. The maximum atomic E-state index is 12.5. The van der Waals surface area contributed by atoms with Crippen molar-refractivity contribution in [2.24, 2.45) is 0 Å². The van der Waals surface area contributed by atoms with Gasteiger partial charge in [0.25, 0.3) is 5.91 Å². The number of morpholine rings is 1. The van der Waals surface area contributed by atoms with Crippen LogP contribution in [-0.4, -0.2) is 43.8 Å². The molecular formula is C20H25N3O3.